The molecule has 0 radical (unpaired) electrons. The maximum Gasteiger partial charge on any atom is 0.341 e. The molecule has 1 heterocycles. The molecule has 1 aromatic heterocycles. The zero-order valence-corrected chi connectivity index (χ0v) is 16.2. The molecule has 3 rings (SSSR count). The second kappa shape index (κ2) is 8.07. The van der Waals surface area contributed by atoms with Crippen LogP contribution in [-0.4, -0.2) is 27.8 Å². The molecule has 0 aliphatic rings. The molecule has 0 amide bonds. The zero-order valence-electron chi connectivity index (χ0n) is 13.1. The van der Waals surface area contributed by atoms with Crippen LogP contribution in [0.3, 0.4) is 0 Å². The molecule has 2 aromatic carbocycles. The predicted octanol–water partition coefficient (Wildman–Crippen LogP) is 4.86. The highest BCUT2D eigenvalue weighted by atomic mass is 79.9. The average Bonchev–Trinajstić information content (AvgIpc) is 3.04. The standard InChI is InChI=1S/C17H11BrCl2N2O4/c18-10-2-4-14(25-8-16(23)24)12(6-10)17-21-15(22-26-17)5-9-1-3-11(19)7-13(9)20/h1-4,6-7H,5,8H2,(H,23,24). The molecule has 26 heavy (non-hydrogen) atoms. The highest BCUT2D eigenvalue weighted by molar-refractivity contribution is 9.10. The number of hydrogen-bond donors (Lipinski definition) is 1. The fourth-order valence-electron chi connectivity index (χ4n) is 2.21. The van der Waals surface area contributed by atoms with Crippen LogP contribution < -0.4 is 4.74 Å². The molecule has 9 heteroatoms. The molecule has 0 aliphatic carbocycles. The molecule has 0 saturated heterocycles. The molecular formula is C17H11BrCl2N2O4. The van der Waals surface area contributed by atoms with E-state index in [9.17, 15) is 4.79 Å². The van der Waals surface area contributed by atoms with Crippen molar-refractivity contribution >= 4 is 45.1 Å². The molecule has 134 valence electrons. The van der Waals surface area contributed by atoms with Gasteiger partial charge in [0.05, 0.1) is 5.56 Å². The van der Waals surface area contributed by atoms with Gasteiger partial charge in [0.15, 0.2) is 12.4 Å². The summed E-state index contributed by atoms with van der Waals surface area (Å²) in [6, 6.07) is 10.2. The fourth-order valence-corrected chi connectivity index (χ4v) is 3.04. The molecular weight excluding hydrogens is 447 g/mol. The molecule has 0 atom stereocenters. The van der Waals surface area contributed by atoms with E-state index in [1.54, 1.807) is 36.4 Å². The van der Waals surface area contributed by atoms with E-state index in [-0.39, 0.29) is 5.89 Å². The summed E-state index contributed by atoms with van der Waals surface area (Å²) < 4.78 is 11.4. The Balaban J connectivity index is 1.87. The Bertz CT molecular complexity index is 962. The summed E-state index contributed by atoms with van der Waals surface area (Å²) >= 11 is 15.4. The van der Waals surface area contributed by atoms with Gasteiger partial charge in [0.25, 0.3) is 5.89 Å². The van der Waals surface area contributed by atoms with Crippen molar-refractivity contribution in [3.05, 3.63) is 62.3 Å². The lowest BCUT2D eigenvalue weighted by molar-refractivity contribution is -0.139. The first-order valence-electron chi connectivity index (χ1n) is 7.33. The van der Waals surface area contributed by atoms with Crippen molar-refractivity contribution in [1.29, 1.82) is 0 Å². The summed E-state index contributed by atoms with van der Waals surface area (Å²) in [5, 5.41) is 13.8. The van der Waals surface area contributed by atoms with E-state index in [2.05, 4.69) is 26.1 Å². The average molecular weight is 458 g/mol. The number of aliphatic carboxylic acids is 1. The minimum atomic E-state index is -1.08. The number of carboxylic acid groups (broad SMARTS) is 1. The third-order valence-electron chi connectivity index (χ3n) is 3.35. The first kappa shape index (κ1) is 18.7. The lowest BCUT2D eigenvalue weighted by atomic mass is 10.1. The highest BCUT2D eigenvalue weighted by Gasteiger charge is 2.16. The number of hydrogen-bond acceptors (Lipinski definition) is 5. The molecule has 0 fully saturated rings. The van der Waals surface area contributed by atoms with E-state index in [0.717, 1.165) is 10.0 Å². The van der Waals surface area contributed by atoms with Gasteiger partial charge < -0.3 is 14.4 Å². The summed E-state index contributed by atoms with van der Waals surface area (Å²) in [5.74, 6) is -0.113. The van der Waals surface area contributed by atoms with Crippen molar-refractivity contribution < 1.29 is 19.2 Å². The van der Waals surface area contributed by atoms with Gasteiger partial charge in [-0.15, -0.1) is 0 Å². The molecule has 0 aliphatic heterocycles. The largest absolute Gasteiger partial charge is 0.481 e. The van der Waals surface area contributed by atoms with Crippen LogP contribution in [0.5, 0.6) is 5.75 Å². The summed E-state index contributed by atoms with van der Waals surface area (Å²) in [4.78, 5) is 15.1. The summed E-state index contributed by atoms with van der Waals surface area (Å²) in [6.07, 6.45) is 0.360. The highest BCUT2D eigenvalue weighted by Crippen LogP contribution is 2.32. The first-order valence-corrected chi connectivity index (χ1v) is 8.88. The van der Waals surface area contributed by atoms with Crippen LogP contribution in [0.25, 0.3) is 11.5 Å². The molecule has 0 unspecified atom stereocenters. The Morgan fingerprint density at radius 3 is 2.77 bits per heavy atom. The molecule has 0 saturated carbocycles. The number of carboxylic acids is 1. The first-order chi connectivity index (χ1) is 12.4. The van der Waals surface area contributed by atoms with Gasteiger partial charge in [0.2, 0.25) is 0 Å². The maximum absolute atomic E-state index is 10.7. The smallest absolute Gasteiger partial charge is 0.341 e. The van der Waals surface area contributed by atoms with E-state index < -0.39 is 12.6 Å². The monoisotopic (exact) mass is 456 g/mol. The van der Waals surface area contributed by atoms with Crippen LogP contribution in [0.1, 0.15) is 11.4 Å². The van der Waals surface area contributed by atoms with Crippen LogP contribution in [0.2, 0.25) is 10.0 Å². The van der Waals surface area contributed by atoms with Crippen molar-refractivity contribution in [3.8, 4) is 17.2 Å². The zero-order chi connectivity index (χ0) is 18.7. The SMILES string of the molecule is O=C(O)COc1ccc(Br)cc1-c1nc(Cc2ccc(Cl)cc2Cl)no1. The number of carbonyl (C=O) groups is 1. The predicted molar refractivity (Wildman–Crippen MR) is 99.8 cm³/mol. The van der Waals surface area contributed by atoms with Gasteiger partial charge in [0.1, 0.15) is 5.75 Å². The lowest BCUT2D eigenvalue weighted by Gasteiger charge is -2.07. The van der Waals surface area contributed by atoms with Gasteiger partial charge in [-0.1, -0.05) is 50.4 Å². The van der Waals surface area contributed by atoms with E-state index in [1.807, 2.05) is 0 Å². The molecule has 3 aromatic rings. The topological polar surface area (TPSA) is 85.5 Å². The van der Waals surface area contributed by atoms with Crippen LogP contribution in [0.4, 0.5) is 0 Å². The van der Waals surface area contributed by atoms with Crippen molar-refractivity contribution in [1.82, 2.24) is 10.1 Å². The lowest BCUT2D eigenvalue weighted by Crippen LogP contribution is -2.10. The Morgan fingerprint density at radius 2 is 2.04 bits per heavy atom. The number of aromatic nitrogens is 2. The summed E-state index contributed by atoms with van der Waals surface area (Å²) in [6.45, 7) is -0.476. The quantitative estimate of drug-likeness (QED) is 0.568. The third kappa shape index (κ3) is 4.55. The van der Waals surface area contributed by atoms with Crippen molar-refractivity contribution in [2.45, 2.75) is 6.42 Å². The second-order valence-corrected chi connectivity index (χ2v) is 7.01. The van der Waals surface area contributed by atoms with Gasteiger partial charge in [-0.05, 0) is 35.9 Å². The normalized spacial score (nSPS) is 10.7. The third-order valence-corrected chi connectivity index (χ3v) is 4.44. The minimum absolute atomic E-state index is 0.215. The van der Waals surface area contributed by atoms with E-state index >= 15 is 0 Å². The Labute approximate surface area is 166 Å². The van der Waals surface area contributed by atoms with Gasteiger partial charge in [-0.25, -0.2) is 4.79 Å². The number of rotatable bonds is 6. The van der Waals surface area contributed by atoms with E-state index in [4.69, 9.17) is 37.6 Å². The summed E-state index contributed by atoms with van der Waals surface area (Å²) in [5.41, 5.74) is 1.29. The van der Waals surface area contributed by atoms with Crippen LogP contribution >= 0.6 is 39.1 Å². The van der Waals surface area contributed by atoms with Gasteiger partial charge in [0, 0.05) is 20.9 Å². The number of nitrogens with zero attached hydrogens (tertiary/aromatic N) is 2. The maximum atomic E-state index is 10.7. The minimum Gasteiger partial charge on any atom is -0.481 e. The number of ether oxygens (including phenoxy) is 1. The molecule has 1 N–H and O–H groups in total. The van der Waals surface area contributed by atoms with Crippen LogP contribution in [0.15, 0.2) is 45.4 Å². The van der Waals surface area contributed by atoms with Crippen LogP contribution in [0, 0.1) is 0 Å². The number of halogens is 3. The Hall–Kier alpha value is -2.09. The van der Waals surface area contributed by atoms with E-state index in [1.165, 1.54) is 0 Å². The Morgan fingerprint density at radius 1 is 1.23 bits per heavy atom. The summed E-state index contributed by atoms with van der Waals surface area (Å²) in [7, 11) is 0. The Kier molecular flexibility index (Phi) is 5.80. The second-order valence-electron chi connectivity index (χ2n) is 5.25. The van der Waals surface area contributed by atoms with Gasteiger partial charge in [-0.2, -0.15) is 4.98 Å². The van der Waals surface area contributed by atoms with Crippen molar-refractivity contribution in [2.24, 2.45) is 0 Å². The van der Waals surface area contributed by atoms with E-state index in [0.29, 0.717) is 33.6 Å². The number of benzene rings is 2. The van der Waals surface area contributed by atoms with Crippen molar-refractivity contribution in [2.75, 3.05) is 6.61 Å². The van der Waals surface area contributed by atoms with Crippen molar-refractivity contribution in [3.63, 3.8) is 0 Å². The van der Waals surface area contributed by atoms with Gasteiger partial charge in [-0.3, -0.25) is 0 Å². The van der Waals surface area contributed by atoms with Crippen LogP contribution in [-0.2, 0) is 11.2 Å². The molecule has 0 spiro atoms. The van der Waals surface area contributed by atoms with Gasteiger partial charge >= 0.3 is 5.97 Å². The molecule has 0 bridgehead atoms. The fraction of sp³-hybridized carbons (Fsp3) is 0.118. The molecule has 6 nitrogen and oxygen atoms in total.